The maximum Gasteiger partial charge on any atom is 0.247 e. The van der Waals surface area contributed by atoms with Crippen molar-refractivity contribution in [3.8, 4) is 0 Å². The Hall–Kier alpha value is -2.49. The van der Waals surface area contributed by atoms with Gasteiger partial charge in [-0.2, -0.15) is 0 Å². The van der Waals surface area contributed by atoms with E-state index < -0.39 is 0 Å². The van der Waals surface area contributed by atoms with Crippen LogP contribution in [-0.4, -0.2) is 98.0 Å². The number of piperazine rings is 1. The minimum Gasteiger partial charge on any atom is -0.385 e. The van der Waals surface area contributed by atoms with Gasteiger partial charge in [-0.25, -0.2) is 10.4 Å². The quantitative estimate of drug-likeness (QED) is 0.632. The number of hydrazine groups is 1. The second-order valence-corrected chi connectivity index (χ2v) is 8.81. The van der Waals surface area contributed by atoms with Crippen molar-refractivity contribution in [3.05, 3.63) is 30.3 Å². The fourth-order valence-corrected chi connectivity index (χ4v) is 5.03. The van der Waals surface area contributed by atoms with Crippen molar-refractivity contribution in [1.29, 1.82) is 0 Å². The molecule has 0 radical (unpaired) electrons. The third-order valence-corrected chi connectivity index (χ3v) is 6.78. The predicted octanol–water partition coefficient (Wildman–Crippen LogP) is 0.182. The fraction of sp³-hybridized carbons (Fsp3) is 0.609. The van der Waals surface area contributed by atoms with Crippen molar-refractivity contribution >= 4 is 23.4 Å². The van der Waals surface area contributed by atoms with Crippen molar-refractivity contribution in [2.75, 3.05) is 64.5 Å². The molecule has 0 aliphatic carbocycles. The highest BCUT2D eigenvalue weighted by Gasteiger charge is 2.51. The summed E-state index contributed by atoms with van der Waals surface area (Å²) in [4.78, 5) is 44.4. The monoisotopic (exact) mass is 443 g/mol. The number of hydrogen-bond acceptors (Lipinski definition) is 6. The van der Waals surface area contributed by atoms with Crippen LogP contribution in [-0.2, 0) is 19.1 Å². The summed E-state index contributed by atoms with van der Waals surface area (Å²) in [6, 6.07) is 9.29. The number of fused-ring (bicyclic) bond motifs is 1. The molecule has 3 fully saturated rings. The third-order valence-electron chi connectivity index (χ3n) is 6.78. The first-order valence-corrected chi connectivity index (χ1v) is 11.4. The standard InChI is InChI=1S/C23H33N5O4/c1-17(29)26-10-12-27(13-11-26)22(30)19-15-25(9-6-14-32-2)16-20-21(19)24-28(23(20)31)18-7-4-3-5-8-18/h3-5,7-8,19-21,24H,6,9-16H2,1-2H3. The molecule has 9 nitrogen and oxygen atoms in total. The lowest BCUT2D eigenvalue weighted by atomic mass is 9.83. The molecule has 174 valence electrons. The number of amides is 3. The number of nitrogens with one attached hydrogen (secondary N) is 1. The lowest BCUT2D eigenvalue weighted by Crippen LogP contribution is -2.60. The normalized spacial score (nSPS) is 26.4. The van der Waals surface area contributed by atoms with E-state index in [1.54, 1.807) is 23.9 Å². The first-order valence-electron chi connectivity index (χ1n) is 11.4. The molecule has 9 heteroatoms. The fourth-order valence-electron chi connectivity index (χ4n) is 5.03. The van der Waals surface area contributed by atoms with Gasteiger partial charge >= 0.3 is 0 Å². The minimum absolute atomic E-state index is 0.0110. The summed E-state index contributed by atoms with van der Waals surface area (Å²) in [5.41, 5.74) is 4.16. The number of piperidine rings is 1. The summed E-state index contributed by atoms with van der Waals surface area (Å²) >= 11 is 0. The number of ether oxygens (including phenoxy) is 1. The summed E-state index contributed by atoms with van der Waals surface area (Å²) in [5.74, 6) is -0.482. The summed E-state index contributed by atoms with van der Waals surface area (Å²) in [5, 5.41) is 1.61. The number of likely N-dealkylation sites (tertiary alicyclic amines) is 1. The van der Waals surface area contributed by atoms with Gasteiger partial charge in [0.05, 0.1) is 23.6 Å². The maximum atomic E-state index is 13.6. The zero-order chi connectivity index (χ0) is 22.7. The van der Waals surface area contributed by atoms with Crippen molar-refractivity contribution in [1.82, 2.24) is 20.1 Å². The Morgan fingerprint density at radius 3 is 2.41 bits per heavy atom. The van der Waals surface area contributed by atoms with Gasteiger partial charge in [0.2, 0.25) is 17.7 Å². The largest absolute Gasteiger partial charge is 0.385 e. The lowest BCUT2D eigenvalue weighted by molar-refractivity contribution is -0.144. The molecule has 4 rings (SSSR count). The first-order chi connectivity index (χ1) is 15.5. The van der Waals surface area contributed by atoms with E-state index in [0.29, 0.717) is 45.9 Å². The Bertz CT molecular complexity index is 827. The van der Waals surface area contributed by atoms with Crippen LogP contribution in [0.15, 0.2) is 30.3 Å². The molecule has 3 aliphatic heterocycles. The molecule has 3 atom stereocenters. The van der Waals surface area contributed by atoms with Crippen LogP contribution in [0.4, 0.5) is 5.69 Å². The van der Waals surface area contributed by atoms with Crippen LogP contribution in [0.1, 0.15) is 13.3 Å². The van der Waals surface area contributed by atoms with Crippen molar-refractivity contribution in [2.24, 2.45) is 11.8 Å². The van der Waals surface area contributed by atoms with Crippen LogP contribution in [0.5, 0.6) is 0 Å². The predicted molar refractivity (Wildman–Crippen MR) is 120 cm³/mol. The Morgan fingerprint density at radius 2 is 1.75 bits per heavy atom. The number of anilines is 1. The number of carbonyl (C=O) groups excluding carboxylic acids is 3. The van der Waals surface area contributed by atoms with Crippen LogP contribution in [0.25, 0.3) is 0 Å². The molecule has 3 aliphatic rings. The molecule has 3 unspecified atom stereocenters. The van der Waals surface area contributed by atoms with Crippen molar-refractivity contribution in [3.63, 3.8) is 0 Å². The van der Waals surface area contributed by atoms with E-state index in [4.69, 9.17) is 4.74 Å². The summed E-state index contributed by atoms with van der Waals surface area (Å²) in [7, 11) is 1.68. The van der Waals surface area contributed by atoms with Gasteiger partial charge in [-0.05, 0) is 18.6 Å². The summed E-state index contributed by atoms with van der Waals surface area (Å²) in [6.45, 7) is 6.43. The van der Waals surface area contributed by atoms with Gasteiger partial charge < -0.3 is 19.4 Å². The van der Waals surface area contributed by atoms with E-state index in [9.17, 15) is 14.4 Å². The van der Waals surface area contributed by atoms with Crippen LogP contribution < -0.4 is 10.4 Å². The smallest absolute Gasteiger partial charge is 0.247 e. The number of hydrogen-bond donors (Lipinski definition) is 1. The molecule has 1 aromatic rings. The van der Waals surface area contributed by atoms with Gasteiger partial charge in [0.25, 0.3) is 0 Å². The average molecular weight is 444 g/mol. The van der Waals surface area contributed by atoms with E-state index in [0.717, 1.165) is 18.7 Å². The second kappa shape index (κ2) is 9.97. The summed E-state index contributed by atoms with van der Waals surface area (Å²) < 4.78 is 5.19. The van der Waals surface area contributed by atoms with E-state index >= 15 is 0 Å². The van der Waals surface area contributed by atoms with E-state index in [-0.39, 0.29) is 35.6 Å². The molecular weight excluding hydrogens is 410 g/mol. The maximum absolute atomic E-state index is 13.6. The molecule has 3 heterocycles. The number of para-hydroxylation sites is 1. The molecular formula is C23H33N5O4. The topological polar surface area (TPSA) is 85.4 Å². The highest BCUT2D eigenvalue weighted by molar-refractivity contribution is 5.98. The van der Waals surface area contributed by atoms with Gasteiger partial charge in [0, 0.05) is 66.5 Å². The zero-order valence-electron chi connectivity index (χ0n) is 18.9. The number of methoxy groups -OCH3 is 1. The second-order valence-electron chi connectivity index (χ2n) is 8.81. The van der Waals surface area contributed by atoms with E-state index in [1.807, 2.05) is 35.2 Å². The van der Waals surface area contributed by atoms with Gasteiger partial charge in [-0.1, -0.05) is 18.2 Å². The number of rotatable bonds is 6. The van der Waals surface area contributed by atoms with E-state index in [2.05, 4.69) is 10.3 Å². The Morgan fingerprint density at radius 1 is 1.06 bits per heavy atom. The third kappa shape index (κ3) is 4.65. The molecule has 3 saturated heterocycles. The van der Waals surface area contributed by atoms with Gasteiger partial charge in [0.15, 0.2) is 0 Å². The van der Waals surface area contributed by atoms with E-state index in [1.165, 1.54) is 0 Å². The lowest BCUT2D eigenvalue weighted by Gasteiger charge is -2.42. The molecule has 0 aromatic heterocycles. The number of benzene rings is 1. The van der Waals surface area contributed by atoms with Gasteiger partial charge in [0.1, 0.15) is 0 Å². The highest BCUT2D eigenvalue weighted by atomic mass is 16.5. The summed E-state index contributed by atoms with van der Waals surface area (Å²) in [6.07, 6.45) is 0.857. The van der Waals surface area contributed by atoms with Crippen molar-refractivity contribution < 1.29 is 19.1 Å². The van der Waals surface area contributed by atoms with Gasteiger partial charge in [-0.3, -0.25) is 14.4 Å². The SMILES string of the molecule is COCCCN1CC(C(=O)N2CCN(C(C)=O)CC2)C2NN(c3ccccc3)C(=O)C2C1. The molecule has 3 amide bonds. The van der Waals surface area contributed by atoms with Crippen LogP contribution in [0.2, 0.25) is 0 Å². The zero-order valence-corrected chi connectivity index (χ0v) is 18.9. The highest BCUT2D eigenvalue weighted by Crippen LogP contribution is 2.33. The first kappa shape index (κ1) is 22.7. The number of nitrogens with zero attached hydrogens (tertiary/aromatic N) is 4. The van der Waals surface area contributed by atoms with Crippen LogP contribution >= 0.6 is 0 Å². The van der Waals surface area contributed by atoms with Crippen molar-refractivity contribution in [2.45, 2.75) is 19.4 Å². The number of carbonyl (C=O) groups is 3. The molecule has 1 aromatic carbocycles. The molecule has 1 N–H and O–H groups in total. The molecule has 0 saturated carbocycles. The van der Waals surface area contributed by atoms with Crippen LogP contribution in [0, 0.1) is 11.8 Å². The average Bonchev–Trinajstić information content (AvgIpc) is 3.15. The Labute approximate surface area is 189 Å². The Kier molecular flexibility index (Phi) is 7.07. The molecule has 0 spiro atoms. The molecule has 32 heavy (non-hydrogen) atoms. The molecule has 0 bridgehead atoms. The Balaban J connectivity index is 1.51. The van der Waals surface area contributed by atoms with Gasteiger partial charge in [-0.15, -0.1) is 0 Å². The van der Waals surface area contributed by atoms with Crippen LogP contribution in [0.3, 0.4) is 0 Å². The minimum atomic E-state index is -0.321.